The van der Waals surface area contributed by atoms with Crippen molar-refractivity contribution in [3.8, 4) is 0 Å². The fourth-order valence-corrected chi connectivity index (χ4v) is 2.54. The summed E-state index contributed by atoms with van der Waals surface area (Å²) in [6.07, 6.45) is 3.57. The van der Waals surface area contributed by atoms with Gasteiger partial charge in [-0.3, -0.25) is 9.69 Å². The Morgan fingerprint density at radius 3 is 2.85 bits per heavy atom. The van der Waals surface area contributed by atoms with Gasteiger partial charge in [0.1, 0.15) is 0 Å². The van der Waals surface area contributed by atoms with Crippen LogP contribution in [0.1, 0.15) is 28.8 Å². The molecule has 2 nitrogen and oxygen atoms in total. The van der Waals surface area contributed by atoms with Crippen LogP contribution in [0.3, 0.4) is 0 Å². The van der Waals surface area contributed by atoms with Crippen LogP contribution in [0.25, 0.3) is 0 Å². The molecule has 0 saturated carbocycles. The van der Waals surface area contributed by atoms with Crippen LogP contribution in [-0.4, -0.2) is 24.3 Å². The Balaban J connectivity index is 2.03. The molecule has 0 atom stereocenters. The molecular formula is C10H13NOS. The summed E-state index contributed by atoms with van der Waals surface area (Å²) in [7, 11) is 0. The van der Waals surface area contributed by atoms with E-state index in [0.717, 1.165) is 18.4 Å². The van der Waals surface area contributed by atoms with Crippen molar-refractivity contribution in [2.75, 3.05) is 13.1 Å². The molecule has 0 amide bonds. The van der Waals surface area contributed by atoms with Crippen LogP contribution in [0.4, 0.5) is 0 Å². The molecule has 2 rings (SSSR count). The number of likely N-dealkylation sites (tertiary alicyclic amines) is 1. The van der Waals surface area contributed by atoms with Gasteiger partial charge in [-0.2, -0.15) is 11.3 Å². The van der Waals surface area contributed by atoms with Crippen LogP contribution in [0.2, 0.25) is 0 Å². The second kappa shape index (κ2) is 4.03. The summed E-state index contributed by atoms with van der Waals surface area (Å²) >= 11 is 1.62. The minimum absolute atomic E-state index is 0.872. The molecule has 1 aromatic heterocycles. The maximum Gasteiger partial charge on any atom is 0.151 e. The van der Waals surface area contributed by atoms with Crippen molar-refractivity contribution in [2.45, 2.75) is 19.4 Å². The lowest BCUT2D eigenvalue weighted by Crippen LogP contribution is -2.18. The van der Waals surface area contributed by atoms with E-state index in [1.54, 1.807) is 11.3 Å². The van der Waals surface area contributed by atoms with Crippen molar-refractivity contribution in [3.63, 3.8) is 0 Å². The fourth-order valence-electron chi connectivity index (χ4n) is 1.75. The monoisotopic (exact) mass is 195 g/mol. The number of nitrogens with zero attached hydrogens (tertiary/aromatic N) is 1. The lowest BCUT2D eigenvalue weighted by atomic mass is 10.2. The van der Waals surface area contributed by atoms with Crippen molar-refractivity contribution < 1.29 is 4.79 Å². The first-order valence-electron chi connectivity index (χ1n) is 4.63. The van der Waals surface area contributed by atoms with E-state index >= 15 is 0 Å². The molecule has 0 bridgehead atoms. The summed E-state index contributed by atoms with van der Waals surface area (Å²) in [5.74, 6) is 0. The number of hydrogen-bond donors (Lipinski definition) is 0. The van der Waals surface area contributed by atoms with E-state index in [0.29, 0.717) is 0 Å². The molecule has 1 aliphatic rings. The van der Waals surface area contributed by atoms with Gasteiger partial charge >= 0.3 is 0 Å². The number of carbonyl (C=O) groups is 1. The van der Waals surface area contributed by atoms with E-state index < -0.39 is 0 Å². The molecule has 3 heteroatoms. The number of carbonyl (C=O) groups excluding carboxylic acids is 1. The number of rotatable bonds is 3. The van der Waals surface area contributed by atoms with Gasteiger partial charge < -0.3 is 0 Å². The Kier molecular flexibility index (Phi) is 2.76. The van der Waals surface area contributed by atoms with Gasteiger partial charge in [-0.15, -0.1) is 0 Å². The molecule has 0 radical (unpaired) electrons. The first-order valence-corrected chi connectivity index (χ1v) is 5.57. The predicted octanol–water partition coefficient (Wildman–Crippen LogP) is 2.16. The normalized spacial score (nSPS) is 17.8. The van der Waals surface area contributed by atoms with Gasteiger partial charge in [0.25, 0.3) is 0 Å². The van der Waals surface area contributed by atoms with Crippen molar-refractivity contribution in [3.05, 3.63) is 21.9 Å². The van der Waals surface area contributed by atoms with Crippen LogP contribution in [0.5, 0.6) is 0 Å². The molecule has 70 valence electrons. The third-order valence-electron chi connectivity index (χ3n) is 2.50. The molecule has 1 aromatic rings. The van der Waals surface area contributed by atoms with Crippen molar-refractivity contribution >= 4 is 17.6 Å². The van der Waals surface area contributed by atoms with Crippen LogP contribution < -0.4 is 0 Å². The van der Waals surface area contributed by atoms with Crippen molar-refractivity contribution in [1.29, 1.82) is 0 Å². The van der Waals surface area contributed by atoms with Crippen LogP contribution in [-0.2, 0) is 6.54 Å². The molecular weight excluding hydrogens is 182 g/mol. The lowest BCUT2D eigenvalue weighted by Gasteiger charge is -2.13. The predicted molar refractivity (Wildman–Crippen MR) is 54.2 cm³/mol. The zero-order chi connectivity index (χ0) is 9.10. The number of aldehydes is 1. The van der Waals surface area contributed by atoms with Crippen LogP contribution >= 0.6 is 11.3 Å². The van der Waals surface area contributed by atoms with Gasteiger partial charge in [0.2, 0.25) is 0 Å². The first-order chi connectivity index (χ1) is 6.40. The maximum absolute atomic E-state index is 10.7. The standard InChI is InChI=1S/C10H13NOS/c12-6-10-8-13-7-9(10)5-11-3-1-2-4-11/h6-8H,1-5H2. The average molecular weight is 195 g/mol. The number of hydrogen-bond acceptors (Lipinski definition) is 3. The van der Waals surface area contributed by atoms with Gasteiger partial charge in [-0.1, -0.05) is 0 Å². The molecule has 0 unspecified atom stereocenters. The molecule has 1 aliphatic heterocycles. The molecule has 0 spiro atoms. The lowest BCUT2D eigenvalue weighted by molar-refractivity contribution is 0.112. The highest BCUT2D eigenvalue weighted by Crippen LogP contribution is 2.18. The van der Waals surface area contributed by atoms with Crippen molar-refractivity contribution in [2.24, 2.45) is 0 Å². The fraction of sp³-hybridized carbons (Fsp3) is 0.500. The summed E-state index contributed by atoms with van der Waals surface area (Å²) in [6.45, 7) is 3.33. The first kappa shape index (κ1) is 8.91. The topological polar surface area (TPSA) is 20.3 Å². The quantitative estimate of drug-likeness (QED) is 0.689. The second-order valence-corrected chi connectivity index (χ2v) is 4.20. The smallest absolute Gasteiger partial charge is 0.151 e. The highest BCUT2D eigenvalue weighted by atomic mass is 32.1. The molecule has 1 fully saturated rings. The van der Waals surface area contributed by atoms with Crippen LogP contribution in [0, 0.1) is 0 Å². The van der Waals surface area contributed by atoms with Gasteiger partial charge in [0, 0.05) is 17.5 Å². The summed E-state index contributed by atoms with van der Waals surface area (Å²) in [5, 5.41) is 4.01. The molecule has 0 N–H and O–H groups in total. The molecule has 0 aromatic carbocycles. The summed E-state index contributed by atoms with van der Waals surface area (Å²) in [6, 6.07) is 0. The molecule has 2 heterocycles. The Morgan fingerprint density at radius 2 is 2.15 bits per heavy atom. The maximum atomic E-state index is 10.7. The Bertz CT molecular complexity index is 289. The Morgan fingerprint density at radius 1 is 1.38 bits per heavy atom. The Hall–Kier alpha value is -0.670. The highest BCUT2D eigenvalue weighted by molar-refractivity contribution is 7.08. The minimum atomic E-state index is 0.872. The van der Waals surface area contributed by atoms with Gasteiger partial charge in [0.05, 0.1) is 0 Å². The number of thiophene rings is 1. The highest BCUT2D eigenvalue weighted by Gasteiger charge is 2.13. The molecule has 0 aliphatic carbocycles. The summed E-state index contributed by atoms with van der Waals surface area (Å²) in [4.78, 5) is 13.1. The van der Waals surface area contributed by atoms with Gasteiger partial charge in [-0.25, -0.2) is 0 Å². The zero-order valence-corrected chi connectivity index (χ0v) is 8.35. The molecule has 1 saturated heterocycles. The second-order valence-electron chi connectivity index (χ2n) is 3.45. The third-order valence-corrected chi connectivity index (χ3v) is 3.31. The van der Waals surface area contributed by atoms with Gasteiger partial charge in [-0.05, 0) is 36.9 Å². The van der Waals surface area contributed by atoms with Crippen molar-refractivity contribution in [1.82, 2.24) is 4.90 Å². The van der Waals surface area contributed by atoms with E-state index in [1.807, 2.05) is 5.38 Å². The van der Waals surface area contributed by atoms with E-state index in [-0.39, 0.29) is 0 Å². The average Bonchev–Trinajstić information content (AvgIpc) is 2.76. The largest absolute Gasteiger partial charge is 0.299 e. The third kappa shape index (κ3) is 1.98. The van der Waals surface area contributed by atoms with E-state index in [2.05, 4.69) is 10.3 Å². The minimum Gasteiger partial charge on any atom is -0.299 e. The molecule has 13 heavy (non-hydrogen) atoms. The summed E-state index contributed by atoms with van der Waals surface area (Å²) in [5.41, 5.74) is 2.07. The van der Waals surface area contributed by atoms with Gasteiger partial charge in [0.15, 0.2) is 6.29 Å². The van der Waals surface area contributed by atoms with E-state index in [9.17, 15) is 4.79 Å². The van der Waals surface area contributed by atoms with Crippen LogP contribution in [0.15, 0.2) is 10.8 Å². The Labute approximate surface area is 82.2 Å². The van der Waals surface area contributed by atoms with E-state index in [4.69, 9.17) is 0 Å². The zero-order valence-electron chi connectivity index (χ0n) is 7.53. The van der Waals surface area contributed by atoms with E-state index in [1.165, 1.54) is 31.5 Å². The SMILES string of the molecule is O=Cc1cscc1CN1CCCC1. The summed E-state index contributed by atoms with van der Waals surface area (Å²) < 4.78 is 0.